The number of rotatable bonds is 1. The fourth-order valence-electron chi connectivity index (χ4n) is 3.03. The van der Waals surface area contributed by atoms with Gasteiger partial charge in [0.2, 0.25) is 5.91 Å². The second kappa shape index (κ2) is 3.32. The molecule has 0 bridgehead atoms. The highest BCUT2D eigenvalue weighted by Gasteiger charge is 2.46. The van der Waals surface area contributed by atoms with Crippen LogP contribution in [0.1, 0.15) is 40.0 Å². The molecule has 1 aliphatic heterocycles. The van der Waals surface area contributed by atoms with Crippen molar-refractivity contribution >= 4 is 11.6 Å². The lowest BCUT2D eigenvalue weighted by Gasteiger charge is -2.36. The Balaban J connectivity index is 2.18. The molecule has 0 radical (unpaired) electrons. The molecule has 1 amide bonds. The van der Waals surface area contributed by atoms with E-state index >= 15 is 0 Å². The summed E-state index contributed by atoms with van der Waals surface area (Å²) in [6.45, 7) is 6.58. The molecule has 3 heteroatoms. The van der Waals surface area contributed by atoms with Crippen molar-refractivity contribution in [1.29, 1.82) is 0 Å². The van der Waals surface area contributed by atoms with Crippen molar-refractivity contribution in [3.63, 3.8) is 0 Å². The van der Waals surface area contributed by atoms with E-state index in [1.54, 1.807) is 0 Å². The van der Waals surface area contributed by atoms with Crippen LogP contribution < -0.4 is 5.73 Å². The summed E-state index contributed by atoms with van der Waals surface area (Å²) in [5.41, 5.74) is 6.79. The van der Waals surface area contributed by atoms with Gasteiger partial charge in [-0.25, -0.2) is 0 Å². The molecule has 1 saturated carbocycles. The molecule has 2 aliphatic rings. The molecule has 0 aromatic heterocycles. The van der Waals surface area contributed by atoms with E-state index in [9.17, 15) is 4.79 Å². The Morgan fingerprint density at radius 2 is 2.13 bits per heavy atom. The molecule has 0 aromatic rings. The smallest absolute Gasteiger partial charge is 0.220 e. The zero-order valence-corrected chi connectivity index (χ0v) is 9.79. The Hall–Kier alpha value is -0.860. The van der Waals surface area contributed by atoms with Crippen molar-refractivity contribution in [3.8, 4) is 0 Å². The average Bonchev–Trinajstić information content (AvgIpc) is 2.38. The van der Waals surface area contributed by atoms with E-state index in [1.165, 1.54) is 5.71 Å². The van der Waals surface area contributed by atoms with E-state index in [0.29, 0.717) is 12.0 Å². The van der Waals surface area contributed by atoms with Crippen molar-refractivity contribution in [3.05, 3.63) is 0 Å². The van der Waals surface area contributed by atoms with Crippen molar-refractivity contribution in [2.75, 3.05) is 0 Å². The van der Waals surface area contributed by atoms with Gasteiger partial charge < -0.3 is 5.73 Å². The van der Waals surface area contributed by atoms with E-state index in [4.69, 9.17) is 10.7 Å². The molecular formula is C12H20N2O. The summed E-state index contributed by atoms with van der Waals surface area (Å²) in [5, 5.41) is 0. The van der Waals surface area contributed by atoms with E-state index in [1.807, 2.05) is 0 Å². The van der Waals surface area contributed by atoms with Gasteiger partial charge in [0.1, 0.15) is 0 Å². The van der Waals surface area contributed by atoms with Crippen molar-refractivity contribution in [2.24, 2.45) is 28.0 Å². The zero-order chi connectivity index (χ0) is 11.2. The Kier molecular flexibility index (Phi) is 2.36. The summed E-state index contributed by atoms with van der Waals surface area (Å²) < 4.78 is 0. The van der Waals surface area contributed by atoms with Crippen LogP contribution in [-0.2, 0) is 4.79 Å². The maximum absolute atomic E-state index is 11.2. The van der Waals surface area contributed by atoms with Gasteiger partial charge in [-0.1, -0.05) is 13.8 Å². The molecule has 3 unspecified atom stereocenters. The van der Waals surface area contributed by atoms with Crippen molar-refractivity contribution < 1.29 is 4.79 Å². The molecule has 0 saturated heterocycles. The number of amides is 1. The third-order valence-corrected chi connectivity index (χ3v) is 4.44. The van der Waals surface area contributed by atoms with Crippen LogP contribution in [0, 0.1) is 17.3 Å². The molecule has 2 N–H and O–H groups in total. The number of fused-ring (bicyclic) bond motifs is 1. The second-order valence-corrected chi connectivity index (χ2v) is 5.52. The summed E-state index contributed by atoms with van der Waals surface area (Å²) in [5.74, 6) is 0.462. The average molecular weight is 208 g/mol. The van der Waals surface area contributed by atoms with Gasteiger partial charge in [-0.2, -0.15) is 0 Å². The first-order chi connectivity index (χ1) is 6.93. The van der Waals surface area contributed by atoms with Crippen LogP contribution in [0.2, 0.25) is 0 Å². The highest BCUT2D eigenvalue weighted by Crippen LogP contribution is 2.47. The SMILES string of the molecule is CC1=NC2CCC(C(N)=O)CC2C1(C)C. The number of carbonyl (C=O) groups excluding carboxylic acids is 1. The van der Waals surface area contributed by atoms with Gasteiger partial charge >= 0.3 is 0 Å². The second-order valence-electron chi connectivity index (χ2n) is 5.52. The minimum absolute atomic E-state index is 0.0756. The lowest BCUT2D eigenvalue weighted by molar-refractivity contribution is -0.123. The largest absolute Gasteiger partial charge is 0.369 e. The van der Waals surface area contributed by atoms with Gasteiger partial charge in [0.05, 0.1) is 6.04 Å². The number of hydrogen-bond acceptors (Lipinski definition) is 2. The Labute approximate surface area is 91.1 Å². The molecule has 2 rings (SSSR count). The van der Waals surface area contributed by atoms with E-state index in [-0.39, 0.29) is 17.2 Å². The molecule has 3 nitrogen and oxygen atoms in total. The van der Waals surface area contributed by atoms with Crippen LogP contribution in [0.15, 0.2) is 4.99 Å². The van der Waals surface area contributed by atoms with Crippen LogP contribution >= 0.6 is 0 Å². The Bertz CT molecular complexity index is 320. The quantitative estimate of drug-likeness (QED) is 0.701. The minimum atomic E-state index is -0.131. The third-order valence-electron chi connectivity index (χ3n) is 4.44. The van der Waals surface area contributed by atoms with Gasteiger partial charge in [0, 0.05) is 17.0 Å². The normalized spacial score (nSPS) is 38.3. The number of hydrogen-bond donors (Lipinski definition) is 1. The minimum Gasteiger partial charge on any atom is -0.369 e. The first-order valence-electron chi connectivity index (χ1n) is 5.77. The molecular weight excluding hydrogens is 188 g/mol. The summed E-state index contributed by atoms with van der Waals surface area (Å²) in [7, 11) is 0. The highest BCUT2D eigenvalue weighted by atomic mass is 16.1. The number of carbonyl (C=O) groups is 1. The van der Waals surface area contributed by atoms with Crippen LogP contribution in [-0.4, -0.2) is 17.7 Å². The number of nitrogens with zero attached hydrogens (tertiary/aromatic N) is 1. The van der Waals surface area contributed by atoms with E-state index in [2.05, 4.69) is 20.8 Å². The fourth-order valence-corrected chi connectivity index (χ4v) is 3.03. The standard InChI is InChI=1S/C12H20N2O/c1-7-12(2,3)9-6-8(11(13)15)4-5-10(9)14-7/h8-10H,4-6H2,1-3H3,(H2,13,15). The van der Waals surface area contributed by atoms with Crippen LogP contribution in [0.25, 0.3) is 0 Å². The topological polar surface area (TPSA) is 55.4 Å². The van der Waals surface area contributed by atoms with E-state index in [0.717, 1.165) is 19.3 Å². The predicted molar refractivity (Wildman–Crippen MR) is 60.7 cm³/mol. The van der Waals surface area contributed by atoms with E-state index < -0.39 is 0 Å². The zero-order valence-electron chi connectivity index (χ0n) is 9.79. The first kappa shape index (κ1) is 10.7. The molecule has 1 heterocycles. The fraction of sp³-hybridized carbons (Fsp3) is 0.833. The highest BCUT2D eigenvalue weighted by molar-refractivity contribution is 5.90. The molecule has 1 aliphatic carbocycles. The van der Waals surface area contributed by atoms with Crippen LogP contribution in [0.4, 0.5) is 0 Å². The van der Waals surface area contributed by atoms with Gasteiger partial charge in [-0.15, -0.1) is 0 Å². The first-order valence-corrected chi connectivity index (χ1v) is 5.77. The Morgan fingerprint density at radius 3 is 2.73 bits per heavy atom. The summed E-state index contributed by atoms with van der Waals surface area (Å²) in [6, 6.07) is 0.440. The summed E-state index contributed by atoms with van der Waals surface area (Å²) >= 11 is 0. The molecule has 3 atom stereocenters. The van der Waals surface area contributed by atoms with Gasteiger partial charge in [-0.3, -0.25) is 9.79 Å². The number of primary amides is 1. The maximum Gasteiger partial charge on any atom is 0.220 e. The lowest BCUT2D eigenvalue weighted by Crippen LogP contribution is -2.39. The van der Waals surface area contributed by atoms with Crippen molar-refractivity contribution in [2.45, 2.75) is 46.1 Å². The number of nitrogens with two attached hydrogens (primary N) is 1. The van der Waals surface area contributed by atoms with Gasteiger partial charge in [-0.05, 0) is 32.1 Å². The van der Waals surface area contributed by atoms with Gasteiger partial charge in [0.25, 0.3) is 0 Å². The van der Waals surface area contributed by atoms with Crippen molar-refractivity contribution in [1.82, 2.24) is 0 Å². The predicted octanol–water partition coefficient (Wildman–Crippen LogP) is 1.76. The molecule has 1 fully saturated rings. The molecule has 0 spiro atoms. The molecule has 0 aromatic carbocycles. The third kappa shape index (κ3) is 1.58. The van der Waals surface area contributed by atoms with Crippen LogP contribution in [0.5, 0.6) is 0 Å². The summed E-state index contributed by atoms with van der Waals surface area (Å²) in [4.78, 5) is 15.9. The maximum atomic E-state index is 11.2. The Morgan fingerprint density at radius 1 is 1.47 bits per heavy atom. The molecule has 84 valence electrons. The summed E-state index contributed by atoms with van der Waals surface area (Å²) in [6.07, 6.45) is 2.87. The van der Waals surface area contributed by atoms with Gasteiger partial charge in [0.15, 0.2) is 0 Å². The van der Waals surface area contributed by atoms with Crippen LogP contribution in [0.3, 0.4) is 0 Å². The lowest BCUT2D eigenvalue weighted by atomic mass is 9.66. The monoisotopic (exact) mass is 208 g/mol. The molecule has 15 heavy (non-hydrogen) atoms. The number of aliphatic imine (C=N–C) groups is 1.